The van der Waals surface area contributed by atoms with Gasteiger partial charge in [0.2, 0.25) is 0 Å². The van der Waals surface area contributed by atoms with Crippen LogP contribution >= 0.6 is 0 Å². The van der Waals surface area contributed by atoms with Crippen LogP contribution in [0.1, 0.15) is 38.2 Å². The number of hydrogen-bond acceptors (Lipinski definition) is 2. The fourth-order valence-corrected chi connectivity index (χ4v) is 2.36. The van der Waals surface area contributed by atoms with Crippen molar-refractivity contribution in [3.8, 4) is 5.75 Å². The lowest BCUT2D eigenvalue weighted by molar-refractivity contribution is -0.127. The molecule has 108 valence electrons. The van der Waals surface area contributed by atoms with Gasteiger partial charge in [0.25, 0.3) is 5.91 Å². The third-order valence-electron chi connectivity index (χ3n) is 3.55. The van der Waals surface area contributed by atoms with Gasteiger partial charge in [-0.3, -0.25) is 4.79 Å². The Bertz CT molecular complexity index is 494. The zero-order valence-electron chi connectivity index (χ0n) is 12.3. The SMILES string of the molecule is Cc1cccc(O[C@H](C)C(=O)NCC2=CCCCC2)c1. The average Bonchev–Trinajstić information content (AvgIpc) is 2.46. The summed E-state index contributed by atoms with van der Waals surface area (Å²) in [5.41, 5.74) is 2.47. The molecule has 0 radical (unpaired) electrons. The molecule has 2 rings (SSSR count). The molecule has 0 aliphatic heterocycles. The number of rotatable bonds is 5. The Balaban J connectivity index is 1.81. The molecular formula is C17H23NO2. The van der Waals surface area contributed by atoms with E-state index < -0.39 is 6.10 Å². The van der Waals surface area contributed by atoms with Crippen LogP contribution in [0.2, 0.25) is 0 Å². The van der Waals surface area contributed by atoms with Gasteiger partial charge in [0.1, 0.15) is 5.75 Å². The highest BCUT2D eigenvalue weighted by Crippen LogP contribution is 2.17. The highest BCUT2D eigenvalue weighted by atomic mass is 16.5. The van der Waals surface area contributed by atoms with E-state index in [1.165, 1.54) is 18.4 Å². The lowest BCUT2D eigenvalue weighted by atomic mass is 10.00. The molecule has 1 N–H and O–H groups in total. The van der Waals surface area contributed by atoms with Crippen LogP contribution in [0.3, 0.4) is 0 Å². The highest BCUT2D eigenvalue weighted by Gasteiger charge is 2.15. The Hall–Kier alpha value is -1.77. The van der Waals surface area contributed by atoms with Crippen LogP contribution in [-0.2, 0) is 4.79 Å². The molecular weight excluding hydrogens is 250 g/mol. The molecule has 0 unspecified atom stereocenters. The maximum atomic E-state index is 12.0. The standard InChI is InChI=1S/C17H23NO2/c1-13-7-6-10-16(11-13)20-14(2)17(19)18-12-15-8-4-3-5-9-15/h6-8,10-11,14H,3-5,9,12H2,1-2H3,(H,18,19)/t14-/m1/s1. The Morgan fingerprint density at radius 3 is 2.95 bits per heavy atom. The predicted octanol–water partition coefficient (Wildman–Crippen LogP) is 3.38. The average molecular weight is 273 g/mol. The molecule has 3 nitrogen and oxygen atoms in total. The van der Waals surface area contributed by atoms with Crippen molar-refractivity contribution in [2.24, 2.45) is 0 Å². The smallest absolute Gasteiger partial charge is 0.261 e. The van der Waals surface area contributed by atoms with Crippen molar-refractivity contribution >= 4 is 5.91 Å². The minimum Gasteiger partial charge on any atom is -0.481 e. The number of allylic oxidation sites excluding steroid dienone is 1. The maximum absolute atomic E-state index is 12.0. The minimum absolute atomic E-state index is 0.0574. The normalized spacial score (nSPS) is 16.2. The Kier molecular flexibility index (Phi) is 5.22. The second-order valence-electron chi connectivity index (χ2n) is 5.40. The molecule has 1 aliphatic carbocycles. The largest absolute Gasteiger partial charge is 0.481 e. The van der Waals surface area contributed by atoms with Gasteiger partial charge in [-0.15, -0.1) is 0 Å². The van der Waals surface area contributed by atoms with Gasteiger partial charge in [-0.2, -0.15) is 0 Å². The van der Waals surface area contributed by atoms with Crippen LogP contribution in [-0.4, -0.2) is 18.6 Å². The van der Waals surface area contributed by atoms with Crippen LogP contribution in [0.4, 0.5) is 0 Å². The Labute approximate surface area is 121 Å². The maximum Gasteiger partial charge on any atom is 0.261 e. The van der Waals surface area contributed by atoms with Gasteiger partial charge in [0.05, 0.1) is 0 Å². The van der Waals surface area contributed by atoms with Crippen molar-refractivity contribution < 1.29 is 9.53 Å². The van der Waals surface area contributed by atoms with Crippen molar-refractivity contribution in [3.63, 3.8) is 0 Å². The summed E-state index contributed by atoms with van der Waals surface area (Å²) < 4.78 is 5.67. The van der Waals surface area contributed by atoms with E-state index in [9.17, 15) is 4.79 Å². The zero-order chi connectivity index (χ0) is 14.4. The monoisotopic (exact) mass is 273 g/mol. The van der Waals surface area contributed by atoms with Gasteiger partial charge in [-0.1, -0.05) is 23.8 Å². The van der Waals surface area contributed by atoms with E-state index in [0.29, 0.717) is 6.54 Å². The van der Waals surface area contributed by atoms with Gasteiger partial charge in [0.15, 0.2) is 6.10 Å². The zero-order valence-corrected chi connectivity index (χ0v) is 12.3. The van der Waals surface area contributed by atoms with Crippen LogP contribution in [0.25, 0.3) is 0 Å². The summed E-state index contributed by atoms with van der Waals surface area (Å²) in [7, 11) is 0. The van der Waals surface area contributed by atoms with Crippen LogP contribution < -0.4 is 10.1 Å². The molecule has 0 bridgehead atoms. The molecule has 0 fully saturated rings. The van der Waals surface area contributed by atoms with Gasteiger partial charge < -0.3 is 10.1 Å². The van der Waals surface area contributed by atoms with Crippen molar-refractivity contribution in [3.05, 3.63) is 41.5 Å². The minimum atomic E-state index is -0.471. The molecule has 0 aromatic heterocycles. The van der Waals surface area contributed by atoms with E-state index in [1.807, 2.05) is 31.2 Å². The van der Waals surface area contributed by atoms with E-state index in [1.54, 1.807) is 6.92 Å². The third kappa shape index (κ3) is 4.41. The topological polar surface area (TPSA) is 38.3 Å². The number of amides is 1. The summed E-state index contributed by atoms with van der Waals surface area (Å²) in [6, 6.07) is 7.75. The summed E-state index contributed by atoms with van der Waals surface area (Å²) >= 11 is 0. The lowest BCUT2D eigenvalue weighted by Crippen LogP contribution is -2.37. The van der Waals surface area contributed by atoms with Crippen LogP contribution in [0, 0.1) is 6.92 Å². The lowest BCUT2D eigenvalue weighted by Gasteiger charge is -2.17. The van der Waals surface area contributed by atoms with Gasteiger partial charge in [-0.05, 0) is 57.2 Å². The first-order valence-corrected chi connectivity index (χ1v) is 7.34. The number of ether oxygens (including phenoxy) is 1. The summed E-state index contributed by atoms with van der Waals surface area (Å²) in [5.74, 6) is 0.683. The van der Waals surface area contributed by atoms with E-state index in [2.05, 4.69) is 11.4 Å². The molecule has 1 atom stereocenters. The fraction of sp³-hybridized carbons (Fsp3) is 0.471. The first-order chi connectivity index (χ1) is 9.65. The predicted molar refractivity (Wildman–Crippen MR) is 80.8 cm³/mol. The molecule has 1 aliphatic rings. The van der Waals surface area contributed by atoms with Gasteiger partial charge in [0, 0.05) is 6.54 Å². The number of carbonyl (C=O) groups is 1. The fourth-order valence-electron chi connectivity index (χ4n) is 2.36. The molecule has 1 amide bonds. The van der Waals surface area contributed by atoms with Gasteiger partial charge in [-0.25, -0.2) is 0 Å². The quantitative estimate of drug-likeness (QED) is 0.835. The van der Waals surface area contributed by atoms with E-state index in [0.717, 1.165) is 24.2 Å². The second kappa shape index (κ2) is 7.13. The first kappa shape index (κ1) is 14.6. The highest BCUT2D eigenvalue weighted by molar-refractivity contribution is 5.80. The van der Waals surface area contributed by atoms with E-state index in [4.69, 9.17) is 4.74 Å². The second-order valence-corrected chi connectivity index (χ2v) is 5.40. The molecule has 1 aromatic rings. The molecule has 0 spiro atoms. The Morgan fingerprint density at radius 2 is 2.25 bits per heavy atom. The first-order valence-electron chi connectivity index (χ1n) is 7.34. The summed E-state index contributed by atoms with van der Waals surface area (Å²) in [6.45, 7) is 4.44. The molecule has 1 aromatic carbocycles. The number of hydrogen-bond donors (Lipinski definition) is 1. The summed E-state index contributed by atoms with van der Waals surface area (Å²) in [5, 5.41) is 2.95. The van der Waals surface area contributed by atoms with Crippen LogP contribution in [0.5, 0.6) is 5.75 Å². The molecule has 0 heterocycles. The third-order valence-corrected chi connectivity index (χ3v) is 3.55. The number of carbonyl (C=O) groups excluding carboxylic acids is 1. The van der Waals surface area contributed by atoms with Crippen molar-refractivity contribution in [2.75, 3.05) is 6.54 Å². The van der Waals surface area contributed by atoms with Crippen molar-refractivity contribution in [1.29, 1.82) is 0 Å². The molecule has 20 heavy (non-hydrogen) atoms. The van der Waals surface area contributed by atoms with Gasteiger partial charge >= 0.3 is 0 Å². The van der Waals surface area contributed by atoms with E-state index in [-0.39, 0.29) is 5.91 Å². The number of aryl methyl sites for hydroxylation is 1. The molecule has 3 heteroatoms. The summed E-state index contributed by atoms with van der Waals surface area (Å²) in [4.78, 5) is 12.0. The number of benzene rings is 1. The van der Waals surface area contributed by atoms with Crippen molar-refractivity contribution in [2.45, 2.75) is 45.6 Å². The molecule has 0 saturated carbocycles. The Morgan fingerprint density at radius 1 is 1.40 bits per heavy atom. The molecule has 0 saturated heterocycles. The summed E-state index contributed by atoms with van der Waals surface area (Å²) in [6.07, 6.45) is 6.52. The van der Waals surface area contributed by atoms with Crippen molar-refractivity contribution in [1.82, 2.24) is 5.32 Å². The number of nitrogens with one attached hydrogen (secondary N) is 1. The van der Waals surface area contributed by atoms with E-state index >= 15 is 0 Å². The van der Waals surface area contributed by atoms with Crippen LogP contribution in [0.15, 0.2) is 35.9 Å².